The van der Waals surface area contributed by atoms with Crippen molar-refractivity contribution in [1.82, 2.24) is 10.2 Å². The van der Waals surface area contributed by atoms with Gasteiger partial charge in [0, 0.05) is 5.56 Å². The Labute approximate surface area is 94.4 Å². The molecular formula is C12H15N3O. The summed E-state index contributed by atoms with van der Waals surface area (Å²) in [4.78, 5) is 0. The summed E-state index contributed by atoms with van der Waals surface area (Å²) >= 11 is 0. The molecule has 0 fully saturated rings. The first-order valence-corrected chi connectivity index (χ1v) is 5.26. The maximum Gasteiger partial charge on any atom is 0.119 e. The van der Waals surface area contributed by atoms with Gasteiger partial charge in [-0.3, -0.25) is 5.10 Å². The lowest BCUT2D eigenvalue weighted by molar-refractivity contribution is 0.340. The quantitative estimate of drug-likeness (QED) is 0.829. The number of rotatable bonds is 3. The van der Waals surface area contributed by atoms with Crippen LogP contribution in [0.5, 0.6) is 5.75 Å². The molecule has 4 heteroatoms. The van der Waals surface area contributed by atoms with Crippen LogP contribution in [0.25, 0.3) is 11.3 Å². The van der Waals surface area contributed by atoms with Crippen LogP contribution in [0.2, 0.25) is 0 Å². The molecule has 1 aromatic heterocycles. The molecule has 16 heavy (non-hydrogen) atoms. The molecule has 0 aliphatic heterocycles. The number of nitrogens with one attached hydrogen (secondary N) is 1. The largest absolute Gasteiger partial charge is 0.494 e. The number of nitrogen functional groups attached to an aromatic ring is 1. The number of anilines is 1. The van der Waals surface area contributed by atoms with Crippen molar-refractivity contribution >= 4 is 5.69 Å². The summed E-state index contributed by atoms with van der Waals surface area (Å²) in [5, 5.41) is 7.04. The SMILES string of the molecule is CCOc1ccc(-c2n[nH]c(C)c2N)cc1. The van der Waals surface area contributed by atoms with Crippen LogP contribution in [-0.4, -0.2) is 16.8 Å². The Hall–Kier alpha value is -1.97. The fraction of sp³-hybridized carbons (Fsp3) is 0.250. The minimum atomic E-state index is 0.670. The van der Waals surface area contributed by atoms with Crippen LogP contribution in [0.15, 0.2) is 24.3 Å². The van der Waals surface area contributed by atoms with Crippen LogP contribution >= 0.6 is 0 Å². The number of hydrogen-bond acceptors (Lipinski definition) is 3. The molecule has 0 unspecified atom stereocenters. The van der Waals surface area contributed by atoms with Crippen molar-refractivity contribution < 1.29 is 4.74 Å². The predicted molar refractivity (Wildman–Crippen MR) is 64.3 cm³/mol. The number of hydrogen-bond donors (Lipinski definition) is 2. The summed E-state index contributed by atoms with van der Waals surface area (Å²) in [7, 11) is 0. The molecule has 2 rings (SSSR count). The van der Waals surface area contributed by atoms with Crippen LogP contribution in [-0.2, 0) is 0 Å². The van der Waals surface area contributed by atoms with Gasteiger partial charge in [-0.2, -0.15) is 5.10 Å². The highest BCUT2D eigenvalue weighted by Gasteiger charge is 2.08. The zero-order valence-electron chi connectivity index (χ0n) is 9.45. The summed E-state index contributed by atoms with van der Waals surface area (Å²) in [6.07, 6.45) is 0. The van der Waals surface area contributed by atoms with E-state index in [1.54, 1.807) is 0 Å². The molecule has 0 aliphatic rings. The smallest absolute Gasteiger partial charge is 0.119 e. The molecule has 0 saturated carbocycles. The van der Waals surface area contributed by atoms with Crippen LogP contribution in [0, 0.1) is 6.92 Å². The van der Waals surface area contributed by atoms with E-state index >= 15 is 0 Å². The average molecular weight is 217 g/mol. The van der Waals surface area contributed by atoms with Crippen LogP contribution < -0.4 is 10.5 Å². The third kappa shape index (κ3) is 1.86. The zero-order chi connectivity index (χ0) is 11.5. The maximum absolute atomic E-state index is 5.91. The van der Waals surface area contributed by atoms with Gasteiger partial charge in [0.15, 0.2) is 0 Å². The van der Waals surface area contributed by atoms with Crippen molar-refractivity contribution in [2.24, 2.45) is 0 Å². The fourth-order valence-corrected chi connectivity index (χ4v) is 1.53. The molecule has 1 aromatic carbocycles. The summed E-state index contributed by atoms with van der Waals surface area (Å²) in [6.45, 7) is 4.53. The molecule has 0 saturated heterocycles. The molecule has 84 valence electrons. The summed E-state index contributed by atoms with van der Waals surface area (Å²) in [5.74, 6) is 0.858. The van der Waals surface area contributed by atoms with E-state index in [1.165, 1.54) is 0 Å². The van der Waals surface area contributed by atoms with Gasteiger partial charge in [0.05, 0.1) is 18.0 Å². The van der Waals surface area contributed by atoms with E-state index < -0.39 is 0 Å². The van der Waals surface area contributed by atoms with Gasteiger partial charge in [0.2, 0.25) is 0 Å². The van der Waals surface area contributed by atoms with Gasteiger partial charge < -0.3 is 10.5 Å². The average Bonchev–Trinajstić information content (AvgIpc) is 2.62. The van der Waals surface area contributed by atoms with Gasteiger partial charge in [-0.15, -0.1) is 0 Å². The molecule has 4 nitrogen and oxygen atoms in total. The first-order chi connectivity index (χ1) is 7.72. The summed E-state index contributed by atoms with van der Waals surface area (Å²) in [5.41, 5.74) is 9.28. The number of H-pyrrole nitrogens is 1. The maximum atomic E-state index is 5.91. The number of nitrogens with two attached hydrogens (primary N) is 1. The van der Waals surface area contributed by atoms with E-state index in [0.29, 0.717) is 12.3 Å². The van der Waals surface area contributed by atoms with E-state index in [4.69, 9.17) is 10.5 Å². The molecule has 3 N–H and O–H groups in total. The minimum absolute atomic E-state index is 0.670. The predicted octanol–water partition coefficient (Wildman–Crippen LogP) is 2.37. The Balaban J connectivity index is 2.31. The molecule has 1 heterocycles. The third-order valence-corrected chi connectivity index (χ3v) is 2.43. The molecule has 0 amide bonds. The van der Waals surface area contributed by atoms with Crippen molar-refractivity contribution in [3.63, 3.8) is 0 Å². The number of aromatic amines is 1. The standard InChI is InChI=1S/C12H15N3O/c1-3-16-10-6-4-9(5-7-10)12-11(13)8(2)14-15-12/h4-7H,3,13H2,1-2H3,(H,14,15). The second-order valence-corrected chi connectivity index (χ2v) is 3.57. The number of nitrogens with zero attached hydrogens (tertiary/aromatic N) is 1. The van der Waals surface area contributed by atoms with E-state index in [0.717, 1.165) is 22.7 Å². The van der Waals surface area contributed by atoms with Crippen molar-refractivity contribution in [2.75, 3.05) is 12.3 Å². The second-order valence-electron chi connectivity index (χ2n) is 3.57. The Morgan fingerprint density at radius 1 is 1.31 bits per heavy atom. The van der Waals surface area contributed by atoms with Gasteiger partial charge in [0.1, 0.15) is 11.4 Å². The van der Waals surface area contributed by atoms with E-state index in [1.807, 2.05) is 38.1 Å². The van der Waals surface area contributed by atoms with E-state index in [-0.39, 0.29) is 0 Å². The van der Waals surface area contributed by atoms with E-state index in [2.05, 4.69) is 10.2 Å². The molecule has 0 spiro atoms. The lowest BCUT2D eigenvalue weighted by Crippen LogP contribution is -1.92. The molecule has 0 radical (unpaired) electrons. The Kier molecular flexibility index (Phi) is 2.81. The zero-order valence-corrected chi connectivity index (χ0v) is 9.45. The molecule has 0 bridgehead atoms. The van der Waals surface area contributed by atoms with Crippen molar-refractivity contribution in [1.29, 1.82) is 0 Å². The van der Waals surface area contributed by atoms with Crippen molar-refractivity contribution in [2.45, 2.75) is 13.8 Å². The first kappa shape index (κ1) is 10.5. The van der Waals surface area contributed by atoms with Gasteiger partial charge in [-0.05, 0) is 38.1 Å². The number of benzene rings is 1. The van der Waals surface area contributed by atoms with Crippen molar-refractivity contribution in [3.8, 4) is 17.0 Å². The topological polar surface area (TPSA) is 63.9 Å². The number of ether oxygens (including phenoxy) is 1. The first-order valence-electron chi connectivity index (χ1n) is 5.26. The van der Waals surface area contributed by atoms with Gasteiger partial charge in [0.25, 0.3) is 0 Å². The fourth-order valence-electron chi connectivity index (χ4n) is 1.53. The summed E-state index contributed by atoms with van der Waals surface area (Å²) < 4.78 is 5.37. The highest BCUT2D eigenvalue weighted by molar-refractivity contribution is 5.74. The number of aromatic nitrogens is 2. The van der Waals surface area contributed by atoms with E-state index in [9.17, 15) is 0 Å². The molecular weight excluding hydrogens is 202 g/mol. The Morgan fingerprint density at radius 3 is 2.50 bits per heavy atom. The third-order valence-electron chi connectivity index (χ3n) is 2.43. The lowest BCUT2D eigenvalue weighted by Gasteiger charge is -2.03. The minimum Gasteiger partial charge on any atom is -0.494 e. The van der Waals surface area contributed by atoms with Crippen LogP contribution in [0.3, 0.4) is 0 Å². The molecule has 2 aromatic rings. The molecule has 0 aliphatic carbocycles. The van der Waals surface area contributed by atoms with Gasteiger partial charge in [-0.25, -0.2) is 0 Å². The van der Waals surface area contributed by atoms with Gasteiger partial charge >= 0.3 is 0 Å². The van der Waals surface area contributed by atoms with Crippen LogP contribution in [0.4, 0.5) is 5.69 Å². The van der Waals surface area contributed by atoms with Gasteiger partial charge in [-0.1, -0.05) is 0 Å². The highest BCUT2D eigenvalue weighted by atomic mass is 16.5. The normalized spacial score (nSPS) is 10.4. The highest BCUT2D eigenvalue weighted by Crippen LogP contribution is 2.27. The molecule has 0 atom stereocenters. The van der Waals surface area contributed by atoms with Crippen LogP contribution in [0.1, 0.15) is 12.6 Å². The Morgan fingerprint density at radius 2 is 2.00 bits per heavy atom. The Bertz CT molecular complexity index is 474. The summed E-state index contributed by atoms with van der Waals surface area (Å²) in [6, 6.07) is 7.75. The second kappa shape index (κ2) is 4.26. The monoisotopic (exact) mass is 217 g/mol. The van der Waals surface area contributed by atoms with Crippen molar-refractivity contribution in [3.05, 3.63) is 30.0 Å². The lowest BCUT2D eigenvalue weighted by atomic mass is 10.1. The number of aryl methyl sites for hydroxylation is 1.